The first-order chi connectivity index (χ1) is 23.7. The van der Waals surface area contributed by atoms with Gasteiger partial charge in [0.05, 0.1) is 33.4 Å². The zero-order valence-corrected chi connectivity index (χ0v) is 26.7. The third kappa shape index (κ3) is 4.42. The van der Waals surface area contributed by atoms with Crippen molar-refractivity contribution >= 4 is 44.9 Å². The van der Waals surface area contributed by atoms with Crippen molar-refractivity contribution in [3.63, 3.8) is 0 Å². The van der Waals surface area contributed by atoms with E-state index in [1.54, 1.807) is 0 Å². The summed E-state index contributed by atoms with van der Waals surface area (Å²) in [5.41, 5.74) is 13.1. The molecule has 0 aliphatic carbocycles. The number of para-hydroxylation sites is 6. The number of anilines is 3. The van der Waals surface area contributed by atoms with Gasteiger partial charge in [-0.3, -0.25) is 13.5 Å². The van der Waals surface area contributed by atoms with Crippen molar-refractivity contribution in [3.05, 3.63) is 169 Å². The molecule has 48 heavy (non-hydrogen) atoms. The van der Waals surface area contributed by atoms with E-state index in [0.29, 0.717) is 0 Å². The van der Waals surface area contributed by atoms with Gasteiger partial charge < -0.3 is 4.90 Å². The normalized spacial score (nSPS) is 11.5. The van der Waals surface area contributed by atoms with Crippen LogP contribution in [0.2, 0.25) is 0 Å². The standard InChI is InChI=1S/C42H32N6/c1-29-13-10-14-30(2)40(29)45-26-25-43-41(45)31-15-11-18-33(27-31)46(32-16-4-3-5-17-32)34-19-12-20-35(28-34)47-38-23-8-9-24-39(38)48-37-22-7-6-21-36(37)44-42(47)48/h3-28H,1-2H3. The Kier molecular flexibility index (Phi) is 6.47. The fourth-order valence-electron chi connectivity index (χ4n) is 7.07. The van der Waals surface area contributed by atoms with Crippen molar-refractivity contribution in [2.75, 3.05) is 4.90 Å². The Balaban J connectivity index is 1.22. The van der Waals surface area contributed by atoms with Gasteiger partial charge >= 0.3 is 0 Å². The van der Waals surface area contributed by atoms with E-state index in [0.717, 1.165) is 62.0 Å². The van der Waals surface area contributed by atoms with Gasteiger partial charge in [0.2, 0.25) is 5.78 Å². The highest BCUT2D eigenvalue weighted by Crippen LogP contribution is 2.38. The van der Waals surface area contributed by atoms with E-state index in [1.807, 2.05) is 12.3 Å². The molecule has 0 saturated heterocycles. The number of imidazole rings is 3. The molecule has 9 aromatic rings. The fraction of sp³-hybridized carbons (Fsp3) is 0.0476. The molecule has 0 fully saturated rings. The summed E-state index contributed by atoms with van der Waals surface area (Å²) in [6.07, 6.45) is 3.94. The van der Waals surface area contributed by atoms with Crippen molar-refractivity contribution < 1.29 is 0 Å². The Bertz CT molecular complexity index is 2590. The molecule has 0 N–H and O–H groups in total. The molecular formula is C42H32N6. The Hall–Kier alpha value is -6.40. The van der Waals surface area contributed by atoms with Crippen LogP contribution in [0.3, 0.4) is 0 Å². The van der Waals surface area contributed by atoms with Crippen LogP contribution in [0.1, 0.15) is 11.1 Å². The Morgan fingerprint density at radius 1 is 0.562 bits per heavy atom. The summed E-state index contributed by atoms with van der Waals surface area (Å²) in [5.74, 6) is 1.80. The van der Waals surface area contributed by atoms with Crippen molar-refractivity contribution in [3.8, 4) is 22.8 Å². The zero-order valence-electron chi connectivity index (χ0n) is 26.7. The maximum atomic E-state index is 5.11. The van der Waals surface area contributed by atoms with E-state index in [-0.39, 0.29) is 0 Å². The average molecular weight is 621 g/mol. The smallest absolute Gasteiger partial charge is 0.220 e. The number of nitrogens with zero attached hydrogens (tertiary/aromatic N) is 6. The SMILES string of the molecule is Cc1cccc(C)c1-n1ccnc1-c1cccc(N(c2ccccc2)c2cccc(-n3c4ccccc4n4c5ccccc5nc34)c2)c1. The number of rotatable bonds is 6. The largest absolute Gasteiger partial charge is 0.310 e. The highest BCUT2D eigenvalue weighted by Gasteiger charge is 2.20. The highest BCUT2D eigenvalue weighted by atomic mass is 15.2. The van der Waals surface area contributed by atoms with Crippen molar-refractivity contribution in [2.24, 2.45) is 0 Å². The molecule has 0 aliphatic heterocycles. The molecule has 6 nitrogen and oxygen atoms in total. The first-order valence-corrected chi connectivity index (χ1v) is 16.2. The van der Waals surface area contributed by atoms with E-state index in [2.05, 4.69) is 178 Å². The first kappa shape index (κ1) is 27.9. The van der Waals surface area contributed by atoms with E-state index in [9.17, 15) is 0 Å². The third-order valence-electron chi connectivity index (χ3n) is 9.15. The molecule has 0 radical (unpaired) electrons. The lowest BCUT2D eigenvalue weighted by atomic mass is 10.1. The summed E-state index contributed by atoms with van der Waals surface area (Å²) in [5, 5.41) is 0. The zero-order chi connectivity index (χ0) is 32.2. The van der Waals surface area contributed by atoms with Gasteiger partial charge in [-0.2, -0.15) is 0 Å². The molecule has 9 rings (SSSR count). The number of hydrogen-bond donors (Lipinski definition) is 0. The summed E-state index contributed by atoms with van der Waals surface area (Å²) in [6.45, 7) is 4.31. The van der Waals surface area contributed by atoms with Gasteiger partial charge in [-0.15, -0.1) is 0 Å². The second kappa shape index (κ2) is 11.1. The van der Waals surface area contributed by atoms with E-state index < -0.39 is 0 Å². The number of fused-ring (bicyclic) bond motifs is 5. The molecule has 6 aromatic carbocycles. The minimum atomic E-state index is 0.890. The van der Waals surface area contributed by atoms with Gasteiger partial charge in [0, 0.05) is 35.0 Å². The predicted octanol–water partition coefficient (Wildman–Crippen LogP) is 10.4. The van der Waals surface area contributed by atoms with Crippen molar-refractivity contribution in [2.45, 2.75) is 13.8 Å². The summed E-state index contributed by atoms with van der Waals surface area (Å²) in [7, 11) is 0. The van der Waals surface area contributed by atoms with Crippen LogP contribution in [-0.2, 0) is 0 Å². The molecule has 0 spiro atoms. The molecule has 3 heterocycles. The van der Waals surface area contributed by atoms with Crippen LogP contribution >= 0.6 is 0 Å². The number of aryl methyl sites for hydroxylation is 2. The third-order valence-corrected chi connectivity index (χ3v) is 9.15. The fourth-order valence-corrected chi connectivity index (χ4v) is 7.07. The number of hydrogen-bond acceptors (Lipinski definition) is 3. The molecule has 0 unspecified atom stereocenters. The van der Waals surface area contributed by atoms with E-state index in [1.165, 1.54) is 16.8 Å². The summed E-state index contributed by atoms with van der Waals surface area (Å²) >= 11 is 0. The lowest BCUT2D eigenvalue weighted by Crippen LogP contribution is -2.11. The Morgan fingerprint density at radius 3 is 2.02 bits per heavy atom. The van der Waals surface area contributed by atoms with Gasteiger partial charge in [-0.25, -0.2) is 9.97 Å². The molecule has 0 atom stereocenters. The molecular weight excluding hydrogens is 589 g/mol. The summed E-state index contributed by atoms with van der Waals surface area (Å²) in [4.78, 5) is 12.3. The lowest BCUT2D eigenvalue weighted by molar-refractivity contribution is 1.03. The summed E-state index contributed by atoms with van der Waals surface area (Å²) in [6, 6.07) is 51.2. The lowest BCUT2D eigenvalue weighted by Gasteiger charge is -2.26. The van der Waals surface area contributed by atoms with Gasteiger partial charge in [-0.05, 0) is 91.7 Å². The number of benzene rings is 6. The summed E-state index contributed by atoms with van der Waals surface area (Å²) < 4.78 is 6.72. The first-order valence-electron chi connectivity index (χ1n) is 16.2. The second-order valence-electron chi connectivity index (χ2n) is 12.2. The maximum Gasteiger partial charge on any atom is 0.220 e. The van der Waals surface area contributed by atoms with Gasteiger partial charge in [0.1, 0.15) is 5.82 Å². The van der Waals surface area contributed by atoms with Crippen molar-refractivity contribution in [1.29, 1.82) is 0 Å². The van der Waals surface area contributed by atoms with Crippen LogP contribution in [0.25, 0.3) is 50.6 Å². The molecule has 0 aliphatic rings. The van der Waals surface area contributed by atoms with Crippen LogP contribution in [-0.4, -0.2) is 23.5 Å². The number of aromatic nitrogens is 5. The van der Waals surface area contributed by atoms with Gasteiger partial charge in [0.15, 0.2) is 0 Å². The Labute approximate surface area is 278 Å². The second-order valence-corrected chi connectivity index (χ2v) is 12.2. The maximum absolute atomic E-state index is 5.11. The van der Waals surface area contributed by atoms with Crippen LogP contribution in [0.15, 0.2) is 158 Å². The van der Waals surface area contributed by atoms with Crippen LogP contribution in [0.4, 0.5) is 17.1 Å². The molecule has 0 amide bonds. The Morgan fingerprint density at radius 2 is 1.21 bits per heavy atom. The van der Waals surface area contributed by atoms with Crippen LogP contribution < -0.4 is 4.90 Å². The molecule has 3 aromatic heterocycles. The highest BCUT2D eigenvalue weighted by molar-refractivity contribution is 5.92. The van der Waals surface area contributed by atoms with Crippen LogP contribution in [0.5, 0.6) is 0 Å². The molecule has 6 heteroatoms. The average Bonchev–Trinajstić information content (AvgIpc) is 3.83. The van der Waals surface area contributed by atoms with Crippen molar-refractivity contribution in [1.82, 2.24) is 23.5 Å². The van der Waals surface area contributed by atoms with Gasteiger partial charge in [0.25, 0.3) is 0 Å². The van der Waals surface area contributed by atoms with E-state index >= 15 is 0 Å². The van der Waals surface area contributed by atoms with Crippen LogP contribution in [0, 0.1) is 13.8 Å². The topological polar surface area (TPSA) is 43.3 Å². The minimum absolute atomic E-state index is 0.890. The monoisotopic (exact) mass is 620 g/mol. The predicted molar refractivity (Wildman–Crippen MR) is 196 cm³/mol. The molecule has 0 saturated carbocycles. The molecule has 230 valence electrons. The molecule has 0 bridgehead atoms. The van der Waals surface area contributed by atoms with E-state index in [4.69, 9.17) is 9.97 Å². The van der Waals surface area contributed by atoms with Gasteiger partial charge in [-0.1, -0.05) is 78.9 Å². The minimum Gasteiger partial charge on any atom is -0.310 e. The quantitative estimate of drug-likeness (QED) is 0.186.